The van der Waals surface area contributed by atoms with Crippen LogP contribution in [0.25, 0.3) is 0 Å². The molecule has 1 aliphatic rings. The molecular weight excluding hydrogens is 309 g/mol. The van der Waals surface area contributed by atoms with Crippen LogP contribution in [0.3, 0.4) is 0 Å². The van der Waals surface area contributed by atoms with E-state index in [-0.39, 0.29) is 30.7 Å². The minimum Gasteiger partial charge on any atom is -0.353 e. The summed E-state index contributed by atoms with van der Waals surface area (Å²) in [4.78, 5) is 14.6. The zero-order valence-electron chi connectivity index (χ0n) is 13.9. The number of nitrogens with two attached hydrogens (primary N) is 1. The summed E-state index contributed by atoms with van der Waals surface area (Å²) in [6.45, 7) is 10.3. The van der Waals surface area contributed by atoms with Crippen LogP contribution in [0.5, 0.6) is 0 Å². The molecule has 0 spiro atoms. The quantitative estimate of drug-likeness (QED) is 0.780. The normalized spacial score (nSPS) is 17.3. The molecule has 1 fully saturated rings. The zero-order chi connectivity index (χ0) is 14.5. The van der Waals surface area contributed by atoms with E-state index in [2.05, 4.69) is 37.9 Å². The highest BCUT2D eigenvalue weighted by atomic mass is 35.5. The average Bonchev–Trinajstić information content (AvgIpc) is 2.34. The topological polar surface area (TPSA) is 58.4 Å². The second-order valence-electron chi connectivity index (χ2n) is 6.40. The molecule has 0 saturated heterocycles. The lowest BCUT2D eigenvalue weighted by atomic mass is 9.82. The fraction of sp³-hybridized carbons (Fsp3) is 0.933. The van der Waals surface area contributed by atoms with E-state index in [1.54, 1.807) is 0 Å². The van der Waals surface area contributed by atoms with Crippen LogP contribution < -0.4 is 11.1 Å². The Kier molecular flexibility index (Phi) is 11.8. The number of nitrogens with zero attached hydrogens (tertiary/aromatic N) is 1. The Morgan fingerprint density at radius 2 is 1.57 bits per heavy atom. The second-order valence-corrected chi connectivity index (χ2v) is 6.40. The number of carbonyl (C=O) groups excluding carboxylic acids is 1. The molecule has 0 radical (unpaired) electrons. The summed E-state index contributed by atoms with van der Waals surface area (Å²) in [7, 11) is 0. The van der Waals surface area contributed by atoms with Crippen molar-refractivity contribution >= 4 is 30.7 Å². The maximum Gasteiger partial charge on any atom is 0.240 e. The molecular formula is C15H33Cl2N3O. The van der Waals surface area contributed by atoms with Gasteiger partial charge in [0.15, 0.2) is 0 Å². The lowest BCUT2D eigenvalue weighted by Crippen LogP contribution is -2.56. The van der Waals surface area contributed by atoms with Crippen molar-refractivity contribution in [3.8, 4) is 0 Å². The van der Waals surface area contributed by atoms with Crippen LogP contribution >= 0.6 is 24.8 Å². The number of rotatable bonds is 6. The van der Waals surface area contributed by atoms with E-state index in [9.17, 15) is 4.79 Å². The second kappa shape index (κ2) is 10.7. The summed E-state index contributed by atoms with van der Waals surface area (Å²) in [5, 5.41) is 3.03. The van der Waals surface area contributed by atoms with Gasteiger partial charge in [-0.1, -0.05) is 19.3 Å². The monoisotopic (exact) mass is 341 g/mol. The molecule has 0 unspecified atom stereocenters. The largest absolute Gasteiger partial charge is 0.353 e. The van der Waals surface area contributed by atoms with Gasteiger partial charge in [-0.25, -0.2) is 0 Å². The standard InChI is InChI=1S/C15H31N3O.2ClH/c1-12(2)18(13(3)4)11-10-17-14(19)15(16)8-6-5-7-9-15;;/h12-13H,5-11,16H2,1-4H3,(H,17,19);2*1H. The molecule has 1 rings (SSSR count). The smallest absolute Gasteiger partial charge is 0.240 e. The van der Waals surface area contributed by atoms with Gasteiger partial charge in [0.2, 0.25) is 5.91 Å². The highest BCUT2D eigenvalue weighted by Gasteiger charge is 2.34. The van der Waals surface area contributed by atoms with Gasteiger partial charge in [0, 0.05) is 25.2 Å². The van der Waals surface area contributed by atoms with Crippen molar-refractivity contribution in [2.24, 2.45) is 5.73 Å². The third-order valence-electron chi connectivity index (χ3n) is 4.18. The van der Waals surface area contributed by atoms with Crippen LogP contribution in [-0.4, -0.2) is 41.5 Å². The van der Waals surface area contributed by atoms with Crippen molar-refractivity contribution in [2.75, 3.05) is 13.1 Å². The number of hydrogen-bond acceptors (Lipinski definition) is 3. The molecule has 0 heterocycles. The predicted molar refractivity (Wildman–Crippen MR) is 94.5 cm³/mol. The number of carbonyl (C=O) groups is 1. The summed E-state index contributed by atoms with van der Waals surface area (Å²) in [6, 6.07) is 0.997. The van der Waals surface area contributed by atoms with Crippen LogP contribution in [0.1, 0.15) is 59.8 Å². The molecule has 21 heavy (non-hydrogen) atoms. The summed E-state index contributed by atoms with van der Waals surface area (Å²) in [5.74, 6) is 0.0414. The average molecular weight is 342 g/mol. The van der Waals surface area contributed by atoms with Crippen molar-refractivity contribution in [1.29, 1.82) is 0 Å². The molecule has 0 aromatic heterocycles. The van der Waals surface area contributed by atoms with Gasteiger partial charge in [-0.15, -0.1) is 24.8 Å². The third kappa shape index (κ3) is 7.18. The molecule has 1 saturated carbocycles. The first-order valence-electron chi connectivity index (χ1n) is 7.70. The molecule has 0 aromatic carbocycles. The predicted octanol–water partition coefficient (Wildman–Crippen LogP) is 2.73. The Hall–Kier alpha value is -0.0300. The van der Waals surface area contributed by atoms with E-state index in [0.29, 0.717) is 18.6 Å². The Morgan fingerprint density at radius 1 is 1.10 bits per heavy atom. The number of nitrogens with one attached hydrogen (secondary N) is 1. The highest BCUT2D eigenvalue weighted by molar-refractivity contribution is 5.86. The van der Waals surface area contributed by atoms with Crippen molar-refractivity contribution in [3.05, 3.63) is 0 Å². The Balaban J connectivity index is 0. The Bertz CT molecular complexity index is 285. The van der Waals surface area contributed by atoms with E-state index in [4.69, 9.17) is 5.73 Å². The van der Waals surface area contributed by atoms with Gasteiger partial charge in [-0.2, -0.15) is 0 Å². The van der Waals surface area contributed by atoms with Crippen molar-refractivity contribution in [2.45, 2.75) is 77.4 Å². The summed E-state index contributed by atoms with van der Waals surface area (Å²) < 4.78 is 0. The van der Waals surface area contributed by atoms with Gasteiger partial charge < -0.3 is 11.1 Å². The van der Waals surface area contributed by atoms with Crippen LogP contribution in [0, 0.1) is 0 Å². The fourth-order valence-corrected chi connectivity index (χ4v) is 3.00. The van der Waals surface area contributed by atoms with E-state index < -0.39 is 5.54 Å². The van der Waals surface area contributed by atoms with Crippen molar-refractivity contribution in [1.82, 2.24) is 10.2 Å². The molecule has 0 aromatic rings. The Labute approximate surface area is 142 Å². The molecule has 4 nitrogen and oxygen atoms in total. The van der Waals surface area contributed by atoms with Gasteiger partial charge in [0.25, 0.3) is 0 Å². The third-order valence-corrected chi connectivity index (χ3v) is 4.18. The van der Waals surface area contributed by atoms with Crippen LogP contribution in [0.15, 0.2) is 0 Å². The van der Waals surface area contributed by atoms with E-state index >= 15 is 0 Å². The number of halogens is 2. The van der Waals surface area contributed by atoms with Gasteiger partial charge >= 0.3 is 0 Å². The maximum atomic E-state index is 12.2. The first kappa shape index (κ1) is 23.2. The van der Waals surface area contributed by atoms with E-state index in [1.165, 1.54) is 6.42 Å². The molecule has 1 amide bonds. The molecule has 6 heteroatoms. The summed E-state index contributed by atoms with van der Waals surface area (Å²) >= 11 is 0. The number of hydrogen-bond donors (Lipinski definition) is 2. The summed E-state index contributed by atoms with van der Waals surface area (Å²) in [5.41, 5.74) is 5.60. The Morgan fingerprint density at radius 3 is 2.00 bits per heavy atom. The zero-order valence-corrected chi connectivity index (χ0v) is 15.5. The molecule has 128 valence electrons. The fourth-order valence-electron chi connectivity index (χ4n) is 3.00. The first-order chi connectivity index (χ1) is 8.87. The van der Waals surface area contributed by atoms with E-state index in [1.807, 2.05) is 0 Å². The minimum absolute atomic E-state index is 0. The van der Waals surface area contributed by atoms with Gasteiger partial charge in [0.1, 0.15) is 0 Å². The van der Waals surface area contributed by atoms with Crippen molar-refractivity contribution in [3.63, 3.8) is 0 Å². The highest BCUT2D eigenvalue weighted by Crippen LogP contribution is 2.25. The van der Waals surface area contributed by atoms with Crippen LogP contribution in [-0.2, 0) is 4.79 Å². The molecule has 0 aliphatic heterocycles. The van der Waals surface area contributed by atoms with Crippen LogP contribution in [0.2, 0.25) is 0 Å². The lowest BCUT2D eigenvalue weighted by molar-refractivity contribution is -0.127. The lowest BCUT2D eigenvalue weighted by Gasteiger charge is -2.33. The molecule has 0 bridgehead atoms. The SMILES string of the molecule is CC(C)N(CCNC(=O)C1(N)CCCCC1)C(C)C.Cl.Cl. The summed E-state index contributed by atoms with van der Waals surface area (Å²) in [6.07, 6.45) is 5.02. The van der Waals surface area contributed by atoms with Gasteiger partial charge in [-0.3, -0.25) is 9.69 Å². The van der Waals surface area contributed by atoms with E-state index in [0.717, 1.165) is 32.2 Å². The van der Waals surface area contributed by atoms with Gasteiger partial charge in [0.05, 0.1) is 5.54 Å². The molecule has 3 N–H and O–H groups in total. The first-order valence-corrected chi connectivity index (χ1v) is 7.70. The molecule has 0 atom stereocenters. The maximum absolute atomic E-state index is 12.2. The van der Waals surface area contributed by atoms with Crippen molar-refractivity contribution < 1.29 is 4.79 Å². The molecule has 1 aliphatic carbocycles. The van der Waals surface area contributed by atoms with Crippen LogP contribution in [0.4, 0.5) is 0 Å². The number of amides is 1. The van der Waals surface area contributed by atoms with Gasteiger partial charge in [-0.05, 0) is 40.5 Å². The minimum atomic E-state index is -0.612.